The maximum Gasteiger partial charge on any atom is 0.140 e. The van der Waals surface area contributed by atoms with Crippen molar-refractivity contribution < 1.29 is 25.5 Å². The molecule has 7 nitrogen and oxygen atoms in total. The number of rotatable bonds is 5. The third kappa shape index (κ3) is 2.92. The first kappa shape index (κ1) is 15.9. The molecule has 3 aromatic rings. The van der Waals surface area contributed by atoms with Crippen molar-refractivity contribution in [3.63, 3.8) is 0 Å². The van der Waals surface area contributed by atoms with Crippen LogP contribution in [-0.4, -0.2) is 60.4 Å². The Morgan fingerprint density at radius 1 is 0.957 bits per heavy atom. The van der Waals surface area contributed by atoms with E-state index >= 15 is 0 Å². The van der Waals surface area contributed by atoms with Crippen molar-refractivity contribution in [2.45, 2.75) is 24.4 Å². The van der Waals surface area contributed by atoms with Gasteiger partial charge in [-0.05, 0) is 22.9 Å². The van der Waals surface area contributed by atoms with Crippen molar-refractivity contribution in [1.29, 1.82) is 0 Å². The van der Waals surface area contributed by atoms with E-state index in [0.29, 0.717) is 11.0 Å². The molecule has 2 aromatic carbocycles. The summed E-state index contributed by atoms with van der Waals surface area (Å²) in [4.78, 5) is 7.13. The lowest BCUT2D eigenvalue weighted by Gasteiger charge is -2.24. The average Bonchev–Trinajstić information content (AvgIpc) is 2.99. The quantitative estimate of drug-likeness (QED) is 0.387. The summed E-state index contributed by atoms with van der Waals surface area (Å²) < 4.78 is 0. The number of aromatic nitrogens is 2. The molecule has 4 atom stereocenters. The molecule has 0 radical (unpaired) electrons. The molecule has 0 spiro atoms. The smallest absolute Gasteiger partial charge is 0.140 e. The van der Waals surface area contributed by atoms with Crippen LogP contribution in [0, 0.1) is 0 Å². The average molecular weight is 318 g/mol. The van der Waals surface area contributed by atoms with Crippen LogP contribution >= 0.6 is 0 Å². The Balaban J connectivity index is 1.94. The second-order valence-electron chi connectivity index (χ2n) is 5.51. The zero-order chi connectivity index (χ0) is 16.6. The summed E-state index contributed by atoms with van der Waals surface area (Å²) in [5, 5.41) is 49.9. The highest BCUT2D eigenvalue weighted by atomic mass is 16.4. The molecule has 0 saturated carbocycles. The van der Waals surface area contributed by atoms with Gasteiger partial charge in [-0.15, -0.1) is 0 Å². The third-order valence-electron chi connectivity index (χ3n) is 3.90. The first-order valence-electron chi connectivity index (χ1n) is 7.23. The van der Waals surface area contributed by atoms with Crippen LogP contribution in [0.3, 0.4) is 0 Å². The van der Waals surface area contributed by atoms with Gasteiger partial charge < -0.3 is 30.5 Å². The second kappa shape index (κ2) is 6.23. The van der Waals surface area contributed by atoms with E-state index in [2.05, 4.69) is 9.97 Å². The van der Waals surface area contributed by atoms with Crippen LogP contribution in [0.5, 0.6) is 0 Å². The molecule has 3 rings (SSSR count). The molecular formula is C16H18N2O5. The third-order valence-corrected chi connectivity index (χ3v) is 3.90. The Morgan fingerprint density at radius 3 is 2.26 bits per heavy atom. The molecule has 1 aromatic heterocycles. The number of aliphatic hydroxyl groups is 5. The van der Waals surface area contributed by atoms with E-state index in [1.54, 1.807) is 0 Å². The summed E-state index contributed by atoms with van der Waals surface area (Å²) in [6.07, 6.45) is -6.46. The molecule has 0 aliphatic carbocycles. The zero-order valence-corrected chi connectivity index (χ0v) is 12.2. The number of hydrogen-bond acceptors (Lipinski definition) is 6. The van der Waals surface area contributed by atoms with Gasteiger partial charge in [-0.25, -0.2) is 4.98 Å². The van der Waals surface area contributed by atoms with Crippen molar-refractivity contribution in [1.82, 2.24) is 9.97 Å². The number of fused-ring (bicyclic) bond motifs is 2. The Hall–Kier alpha value is -2.03. The van der Waals surface area contributed by atoms with E-state index in [4.69, 9.17) is 5.11 Å². The molecule has 0 bridgehead atoms. The molecule has 0 fully saturated rings. The first-order chi connectivity index (χ1) is 11.0. The maximum atomic E-state index is 10.1. The highest BCUT2D eigenvalue weighted by molar-refractivity contribution is 5.95. The molecule has 23 heavy (non-hydrogen) atoms. The molecule has 6 N–H and O–H groups in total. The van der Waals surface area contributed by atoms with Crippen LogP contribution < -0.4 is 0 Å². The van der Waals surface area contributed by atoms with Crippen molar-refractivity contribution in [3.05, 3.63) is 42.2 Å². The fourth-order valence-corrected chi connectivity index (χ4v) is 2.54. The van der Waals surface area contributed by atoms with Crippen LogP contribution in [0.15, 0.2) is 36.4 Å². The highest BCUT2D eigenvalue weighted by Gasteiger charge is 2.32. The van der Waals surface area contributed by atoms with Crippen LogP contribution in [0.4, 0.5) is 0 Å². The number of H-pyrrole nitrogens is 1. The van der Waals surface area contributed by atoms with E-state index in [0.717, 1.165) is 10.8 Å². The van der Waals surface area contributed by atoms with Gasteiger partial charge in [0.15, 0.2) is 0 Å². The Bertz CT molecular complexity index is 766. The van der Waals surface area contributed by atoms with Crippen LogP contribution in [0.25, 0.3) is 21.8 Å². The van der Waals surface area contributed by atoms with Gasteiger partial charge in [-0.2, -0.15) is 0 Å². The Kier molecular flexibility index (Phi) is 4.29. The summed E-state index contributed by atoms with van der Waals surface area (Å²) in [6.45, 7) is -0.726. The van der Waals surface area contributed by atoms with Crippen LogP contribution in [0.1, 0.15) is 11.9 Å². The molecule has 0 aliphatic rings. The van der Waals surface area contributed by atoms with Crippen molar-refractivity contribution in [2.24, 2.45) is 0 Å². The minimum Gasteiger partial charge on any atom is -0.394 e. The molecule has 1 heterocycles. The van der Waals surface area contributed by atoms with Crippen LogP contribution in [0.2, 0.25) is 0 Å². The standard InChI is InChI=1S/C16H18N2O5/c19-7-12(20)13(21)14(22)15(23)16-17-10-5-8-3-1-2-4-9(8)6-11(10)18-16/h1-6,12-15,19-23H,7H2,(H,17,18). The minimum absolute atomic E-state index is 0.0759. The van der Waals surface area contributed by atoms with Crippen LogP contribution in [-0.2, 0) is 0 Å². The van der Waals surface area contributed by atoms with Crippen molar-refractivity contribution >= 4 is 21.8 Å². The number of nitrogens with zero attached hydrogens (tertiary/aromatic N) is 1. The molecule has 122 valence electrons. The van der Waals surface area contributed by atoms with Crippen molar-refractivity contribution in [2.75, 3.05) is 6.61 Å². The molecule has 7 heteroatoms. The second-order valence-corrected chi connectivity index (χ2v) is 5.51. The number of benzene rings is 2. The topological polar surface area (TPSA) is 130 Å². The van der Waals surface area contributed by atoms with Gasteiger partial charge >= 0.3 is 0 Å². The molecule has 0 amide bonds. The van der Waals surface area contributed by atoms with Gasteiger partial charge in [0.25, 0.3) is 0 Å². The summed E-state index contributed by atoms with van der Waals surface area (Å²) >= 11 is 0. The fourth-order valence-electron chi connectivity index (χ4n) is 2.54. The molecule has 0 saturated heterocycles. The van der Waals surface area contributed by atoms with Crippen molar-refractivity contribution in [3.8, 4) is 0 Å². The lowest BCUT2D eigenvalue weighted by atomic mass is 10.0. The number of aromatic amines is 1. The number of nitrogens with one attached hydrogen (secondary N) is 1. The van der Waals surface area contributed by atoms with E-state index < -0.39 is 31.0 Å². The summed E-state index contributed by atoms with van der Waals surface area (Å²) in [5.41, 5.74) is 1.30. The van der Waals surface area contributed by atoms with Gasteiger partial charge in [0.2, 0.25) is 0 Å². The molecular weight excluding hydrogens is 300 g/mol. The Labute approximate surface area is 131 Å². The SMILES string of the molecule is OCC(O)C(O)C(O)C(O)c1nc2cc3ccccc3cc2[nH]1. The van der Waals surface area contributed by atoms with Gasteiger partial charge in [-0.3, -0.25) is 0 Å². The number of hydrogen-bond donors (Lipinski definition) is 6. The van der Waals surface area contributed by atoms with Gasteiger partial charge in [0.05, 0.1) is 17.6 Å². The zero-order valence-electron chi connectivity index (χ0n) is 12.2. The Morgan fingerprint density at radius 2 is 1.61 bits per heavy atom. The van der Waals surface area contributed by atoms with Gasteiger partial charge in [-0.1, -0.05) is 24.3 Å². The summed E-state index contributed by atoms with van der Waals surface area (Å²) in [6, 6.07) is 11.4. The monoisotopic (exact) mass is 318 g/mol. The first-order valence-corrected chi connectivity index (χ1v) is 7.23. The normalized spacial score (nSPS) is 17.3. The summed E-state index contributed by atoms with van der Waals surface area (Å²) in [5.74, 6) is 0.0759. The molecule has 0 aliphatic heterocycles. The minimum atomic E-state index is -1.69. The number of imidazole rings is 1. The highest BCUT2D eigenvalue weighted by Crippen LogP contribution is 2.25. The lowest BCUT2D eigenvalue weighted by molar-refractivity contribution is -0.117. The lowest BCUT2D eigenvalue weighted by Crippen LogP contribution is -2.42. The van der Waals surface area contributed by atoms with E-state index in [1.807, 2.05) is 36.4 Å². The van der Waals surface area contributed by atoms with Gasteiger partial charge in [0, 0.05) is 0 Å². The predicted octanol–water partition coefficient (Wildman–Crippen LogP) is -0.176. The van der Waals surface area contributed by atoms with E-state index in [9.17, 15) is 20.4 Å². The molecule has 4 unspecified atom stereocenters. The predicted molar refractivity (Wildman–Crippen MR) is 83.7 cm³/mol. The number of aliphatic hydroxyl groups excluding tert-OH is 5. The fraction of sp³-hybridized carbons (Fsp3) is 0.312. The van der Waals surface area contributed by atoms with E-state index in [-0.39, 0.29) is 5.82 Å². The maximum absolute atomic E-state index is 10.1. The van der Waals surface area contributed by atoms with E-state index in [1.165, 1.54) is 0 Å². The summed E-state index contributed by atoms with van der Waals surface area (Å²) in [7, 11) is 0. The largest absolute Gasteiger partial charge is 0.394 e. The van der Waals surface area contributed by atoms with Gasteiger partial charge in [0.1, 0.15) is 30.2 Å².